The molecule has 2 rings (SSSR count). The van der Waals surface area contributed by atoms with E-state index < -0.39 is 0 Å². The fourth-order valence-electron chi connectivity index (χ4n) is 1.45. The van der Waals surface area contributed by atoms with Crippen LogP contribution in [0.4, 0.5) is 10.2 Å². The summed E-state index contributed by atoms with van der Waals surface area (Å²) in [6, 6.07) is 8.00. The van der Waals surface area contributed by atoms with Gasteiger partial charge in [-0.3, -0.25) is 0 Å². The van der Waals surface area contributed by atoms with Gasteiger partial charge in [0.05, 0.1) is 5.69 Å². The Labute approximate surface area is 87.3 Å². The quantitative estimate of drug-likeness (QED) is 0.817. The van der Waals surface area contributed by atoms with E-state index in [1.165, 1.54) is 12.1 Å². The standard InChI is InChI=1S/C11H12FN3/c1-2-15-11(13)7-10(14-15)8-3-5-9(12)6-4-8/h3-7H,2,13H2,1H3. The number of aryl methyl sites for hydroxylation is 1. The van der Waals surface area contributed by atoms with Gasteiger partial charge in [-0.15, -0.1) is 0 Å². The highest BCUT2D eigenvalue weighted by Crippen LogP contribution is 2.20. The van der Waals surface area contributed by atoms with Crippen LogP contribution >= 0.6 is 0 Å². The number of nitrogens with two attached hydrogens (primary N) is 1. The molecule has 2 aromatic rings. The normalized spacial score (nSPS) is 10.5. The predicted octanol–water partition coefficient (Wildman–Crippen LogP) is 2.29. The number of rotatable bonds is 2. The molecule has 2 N–H and O–H groups in total. The van der Waals surface area contributed by atoms with Crippen molar-refractivity contribution in [1.82, 2.24) is 9.78 Å². The van der Waals surface area contributed by atoms with Crippen molar-refractivity contribution in [3.05, 3.63) is 36.1 Å². The molecule has 0 fully saturated rings. The van der Waals surface area contributed by atoms with Gasteiger partial charge in [0.2, 0.25) is 0 Å². The molecule has 0 aliphatic carbocycles. The number of nitrogens with zero attached hydrogens (tertiary/aromatic N) is 2. The molecular weight excluding hydrogens is 193 g/mol. The van der Waals surface area contributed by atoms with Gasteiger partial charge in [-0.25, -0.2) is 9.07 Å². The van der Waals surface area contributed by atoms with Crippen LogP contribution in [-0.2, 0) is 6.54 Å². The monoisotopic (exact) mass is 205 g/mol. The van der Waals surface area contributed by atoms with Crippen LogP contribution in [0.5, 0.6) is 0 Å². The van der Waals surface area contributed by atoms with Crippen molar-refractivity contribution in [3.63, 3.8) is 0 Å². The van der Waals surface area contributed by atoms with Crippen molar-refractivity contribution >= 4 is 5.82 Å². The molecule has 0 aliphatic heterocycles. The van der Waals surface area contributed by atoms with Gasteiger partial charge in [-0.05, 0) is 31.2 Å². The van der Waals surface area contributed by atoms with Crippen molar-refractivity contribution < 1.29 is 4.39 Å². The summed E-state index contributed by atoms with van der Waals surface area (Å²) in [6.45, 7) is 2.70. The van der Waals surface area contributed by atoms with E-state index in [1.807, 2.05) is 6.92 Å². The Bertz CT molecular complexity index is 459. The summed E-state index contributed by atoms with van der Waals surface area (Å²) in [5.41, 5.74) is 7.39. The second kappa shape index (κ2) is 3.73. The summed E-state index contributed by atoms with van der Waals surface area (Å²) in [5.74, 6) is 0.374. The first kappa shape index (κ1) is 9.71. The molecule has 0 bridgehead atoms. The molecule has 1 heterocycles. The van der Waals surface area contributed by atoms with Crippen LogP contribution in [0.25, 0.3) is 11.3 Å². The zero-order valence-corrected chi connectivity index (χ0v) is 8.44. The molecule has 0 spiro atoms. The summed E-state index contributed by atoms with van der Waals surface area (Å²) < 4.78 is 14.4. The zero-order valence-electron chi connectivity index (χ0n) is 8.44. The third kappa shape index (κ3) is 1.83. The predicted molar refractivity (Wildman–Crippen MR) is 57.7 cm³/mol. The Balaban J connectivity index is 2.41. The van der Waals surface area contributed by atoms with Crippen LogP contribution in [0, 0.1) is 5.82 Å². The van der Waals surface area contributed by atoms with E-state index in [0.717, 1.165) is 17.8 Å². The number of halogens is 1. The third-order valence-corrected chi connectivity index (χ3v) is 2.25. The largest absolute Gasteiger partial charge is 0.384 e. The molecular formula is C11H12FN3. The van der Waals surface area contributed by atoms with E-state index in [1.54, 1.807) is 22.9 Å². The third-order valence-electron chi connectivity index (χ3n) is 2.25. The van der Waals surface area contributed by atoms with E-state index in [-0.39, 0.29) is 5.82 Å². The van der Waals surface area contributed by atoms with Crippen LogP contribution in [0.2, 0.25) is 0 Å². The summed E-state index contributed by atoms with van der Waals surface area (Å²) >= 11 is 0. The number of anilines is 1. The summed E-state index contributed by atoms with van der Waals surface area (Å²) in [4.78, 5) is 0. The molecule has 0 amide bonds. The van der Waals surface area contributed by atoms with Gasteiger partial charge < -0.3 is 5.73 Å². The van der Waals surface area contributed by atoms with Crippen molar-refractivity contribution in [2.24, 2.45) is 0 Å². The number of hydrogen-bond acceptors (Lipinski definition) is 2. The average molecular weight is 205 g/mol. The molecule has 0 saturated carbocycles. The average Bonchev–Trinajstić information content (AvgIpc) is 2.61. The van der Waals surface area contributed by atoms with Crippen LogP contribution < -0.4 is 5.73 Å². The number of nitrogen functional groups attached to an aromatic ring is 1. The maximum Gasteiger partial charge on any atom is 0.123 e. The fourth-order valence-corrected chi connectivity index (χ4v) is 1.45. The Morgan fingerprint density at radius 1 is 1.33 bits per heavy atom. The van der Waals surface area contributed by atoms with Crippen LogP contribution in [0.1, 0.15) is 6.92 Å². The van der Waals surface area contributed by atoms with Gasteiger partial charge in [0, 0.05) is 18.2 Å². The lowest BCUT2D eigenvalue weighted by Crippen LogP contribution is -2.01. The second-order valence-corrected chi connectivity index (χ2v) is 3.28. The highest BCUT2D eigenvalue weighted by molar-refractivity contribution is 5.62. The Hall–Kier alpha value is -1.84. The topological polar surface area (TPSA) is 43.8 Å². The summed E-state index contributed by atoms with van der Waals surface area (Å²) in [7, 11) is 0. The fraction of sp³-hybridized carbons (Fsp3) is 0.182. The van der Waals surface area contributed by atoms with Crippen LogP contribution in [0.3, 0.4) is 0 Å². The first-order valence-electron chi connectivity index (χ1n) is 4.80. The maximum atomic E-state index is 12.7. The van der Waals surface area contributed by atoms with E-state index in [4.69, 9.17) is 5.73 Å². The molecule has 0 aliphatic rings. The lowest BCUT2D eigenvalue weighted by atomic mass is 10.1. The van der Waals surface area contributed by atoms with Gasteiger partial charge in [-0.1, -0.05) is 0 Å². The lowest BCUT2D eigenvalue weighted by molar-refractivity contribution is 0.628. The van der Waals surface area contributed by atoms with Gasteiger partial charge >= 0.3 is 0 Å². The Morgan fingerprint density at radius 2 is 2.00 bits per heavy atom. The zero-order chi connectivity index (χ0) is 10.8. The number of benzene rings is 1. The molecule has 1 aromatic heterocycles. The molecule has 15 heavy (non-hydrogen) atoms. The Morgan fingerprint density at radius 3 is 2.53 bits per heavy atom. The van der Waals surface area contributed by atoms with Crippen molar-refractivity contribution in [3.8, 4) is 11.3 Å². The first-order chi connectivity index (χ1) is 7.20. The second-order valence-electron chi connectivity index (χ2n) is 3.28. The summed E-state index contributed by atoms with van der Waals surface area (Å²) in [6.07, 6.45) is 0. The molecule has 0 unspecified atom stereocenters. The number of aromatic nitrogens is 2. The van der Waals surface area contributed by atoms with Gasteiger partial charge in [0.25, 0.3) is 0 Å². The van der Waals surface area contributed by atoms with Crippen LogP contribution in [-0.4, -0.2) is 9.78 Å². The first-order valence-corrected chi connectivity index (χ1v) is 4.80. The minimum atomic E-state index is -0.248. The molecule has 1 aromatic carbocycles. The molecule has 78 valence electrons. The van der Waals surface area contributed by atoms with Gasteiger partial charge in [0.15, 0.2) is 0 Å². The highest BCUT2D eigenvalue weighted by atomic mass is 19.1. The van der Waals surface area contributed by atoms with E-state index >= 15 is 0 Å². The van der Waals surface area contributed by atoms with Crippen LogP contribution in [0.15, 0.2) is 30.3 Å². The molecule has 4 heteroatoms. The van der Waals surface area contributed by atoms with E-state index in [0.29, 0.717) is 5.82 Å². The smallest absolute Gasteiger partial charge is 0.123 e. The van der Waals surface area contributed by atoms with E-state index in [9.17, 15) is 4.39 Å². The SMILES string of the molecule is CCn1nc(-c2ccc(F)cc2)cc1N. The maximum absolute atomic E-state index is 12.7. The lowest BCUT2D eigenvalue weighted by Gasteiger charge is -1.97. The molecule has 0 radical (unpaired) electrons. The minimum Gasteiger partial charge on any atom is -0.384 e. The molecule has 0 saturated heterocycles. The van der Waals surface area contributed by atoms with Gasteiger partial charge in [-0.2, -0.15) is 5.10 Å². The Kier molecular flexibility index (Phi) is 2.41. The van der Waals surface area contributed by atoms with Crippen molar-refractivity contribution in [2.45, 2.75) is 13.5 Å². The number of hydrogen-bond donors (Lipinski definition) is 1. The van der Waals surface area contributed by atoms with Crippen molar-refractivity contribution in [1.29, 1.82) is 0 Å². The van der Waals surface area contributed by atoms with E-state index in [2.05, 4.69) is 5.10 Å². The minimum absolute atomic E-state index is 0.248. The summed E-state index contributed by atoms with van der Waals surface area (Å²) in [5, 5.41) is 4.30. The highest BCUT2D eigenvalue weighted by Gasteiger charge is 2.05. The van der Waals surface area contributed by atoms with Crippen molar-refractivity contribution in [2.75, 3.05) is 5.73 Å². The molecule has 3 nitrogen and oxygen atoms in total. The molecule has 0 atom stereocenters. The van der Waals surface area contributed by atoms with Gasteiger partial charge in [0.1, 0.15) is 11.6 Å².